The van der Waals surface area contributed by atoms with Gasteiger partial charge in [-0.2, -0.15) is 0 Å². The Morgan fingerprint density at radius 2 is 2.12 bits per heavy atom. The lowest BCUT2D eigenvalue weighted by Crippen LogP contribution is -2.46. The number of benzene rings is 1. The van der Waals surface area contributed by atoms with Gasteiger partial charge in [0.2, 0.25) is 0 Å². The normalized spacial score (nSPS) is 19.2. The third-order valence-corrected chi connectivity index (χ3v) is 3.68. The maximum Gasteiger partial charge on any atom is 0.138 e. The van der Waals surface area contributed by atoms with Gasteiger partial charge in [0.25, 0.3) is 0 Å². The molecule has 1 fully saturated rings. The molecule has 0 aliphatic carbocycles. The van der Waals surface area contributed by atoms with E-state index >= 15 is 0 Å². The molecule has 0 radical (unpaired) electrons. The van der Waals surface area contributed by atoms with E-state index in [2.05, 4.69) is 12.2 Å². The van der Waals surface area contributed by atoms with Gasteiger partial charge in [-0.3, -0.25) is 0 Å². The first kappa shape index (κ1) is 12.7. The Balaban J connectivity index is 1.99. The fourth-order valence-corrected chi connectivity index (χ4v) is 2.20. The Morgan fingerprint density at radius 1 is 1.41 bits per heavy atom. The van der Waals surface area contributed by atoms with E-state index in [1.807, 2.05) is 12.1 Å². The van der Waals surface area contributed by atoms with Crippen molar-refractivity contribution < 1.29 is 9.84 Å². The van der Waals surface area contributed by atoms with Crippen molar-refractivity contribution in [1.29, 1.82) is 0 Å². The van der Waals surface area contributed by atoms with Gasteiger partial charge in [-0.1, -0.05) is 23.7 Å². The average molecular weight is 256 g/mol. The van der Waals surface area contributed by atoms with E-state index in [1.165, 1.54) is 0 Å². The summed E-state index contributed by atoms with van der Waals surface area (Å²) in [5, 5.41) is 13.7. The third-order valence-electron chi connectivity index (χ3n) is 3.37. The second-order valence-electron chi connectivity index (χ2n) is 4.77. The first-order chi connectivity index (χ1) is 8.11. The van der Waals surface area contributed by atoms with Gasteiger partial charge in [0.05, 0.1) is 5.02 Å². The number of para-hydroxylation sites is 1. The van der Waals surface area contributed by atoms with Crippen LogP contribution in [0, 0.1) is 0 Å². The Morgan fingerprint density at radius 3 is 2.82 bits per heavy atom. The summed E-state index contributed by atoms with van der Waals surface area (Å²) in [4.78, 5) is 0. The SMILES string of the molecule is CC1(NCc2cccc(Cl)c2O)CCOCC1. The van der Waals surface area contributed by atoms with Crippen LogP contribution in [0.2, 0.25) is 5.02 Å². The number of hydrogen-bond donors (Lipinski definition) is 2. The number of aromatic hydroxyl groups is 1. The van der Waals surface area contributed by atoms with Gasteiger partial charge in [0, 0.05) is 30.9 Å². The molecule has 2 N–H and O–H groups in total. The molecule has 1 aromatic carbocycles. The summed E-state index contributed by atoms with van der Waals surface area (Å²) in [6, 6.07) is 5.43. The van der Waals surface area contributed by atoms with E-state index in [-0.39, 0.29) is 11.3 Å². The van der Waals surface area contributed by atoms with Crippen molar-refractivity contribution in [2.75, 3.05) is 13.2 Å². The minimum atomic E-state index is 0.0903. The standard InChI is InChI=1S/C13H18ClNO2/c1-13(5-7-17-8-6-13)15-9-10-3-2-4-11(14)12(10)16/h2-4,15-16H,5-9H2,1H3. The summed E-state index contributed by atoms with van der Waals surface area (Å²) in [5.41, 5.74) is 0.928. The van der Waals surface area contributed by atoms with Gasteiger partial charge in [-0.25, -0.2) is 0 Å². The van der Waals surface area contributed by atoms with Crippen LogP contribution >= 0.6 is 11.6 Å². The van der Waals surface area contributed by atoms with Gasteiger partial charge in [0.15, 0.2) is 0 Å². The molecule has 94 valence electrons. The van der Waals surface area contributed by atoms with Gasteiger partial charge < -0.3 is 15.2 Å². The molecular weight excluding hydrogens is 238 g/mol. The van der Waals surface area contributed by atoms with Crippen molar-refractivity contribution in [3.8, 4) is 5.75 Å². The van der Waals surface area contributed by atoms with Gasteiger partial charge in [-0.05, 0) is 25.8 Å². The fourth-order valence-electron chi connectivity index (χ4n) is 2.01. The molecule has 0 saturated carbocycles. The maximum atomic E-state index is 9.81. The van der Waals surface area contributed by atoms with Crippen molar-refractivity contribution in [1.82, 2.24) is 5.32 Å². The summed E-state index contributed by atoms with van der Waals surface area (Å²) < 4.78 is 5.35. The van der Waals surface area contributed by atoms with Crippen LogP contribution in [0.1, 0.15) is 25.3 Å². The predicted molar refractivity (Wildman–Crippen MR) is 68.4 cm³/mol. The maximum absolute atomic E-state index is 9.81. The smallest absolute Gasteiger partial charge is 0.138 e. The lowest BCUT2D eigenvalue weighted by Gasteiger charge is -2.34. The van der Waals surface area contributed by atoms with Crippen LogP contribution in [0.15, 0.2) is 18.2 Å². The minimum absolute atomic E-state index is 0.0903. The number of ether oxygens (including phenoxy) is 1. The lowest BCUT2D eigenvalue weighted by molar-refractivity contribution is 0.0445. The molecule has 2 rings (SSSR count). The number of rotatable bonds is 3. The molecule has 0 atom stereocenters. The van der Waals surface area contributed by atoms with Crippen LogP contribution < -0.4 is 5.32 Å². The fraction of sp³-hybridized carbons (Fsp3) is 0.538. The molecular formula is C13H18ClNO2. The highest BCUT2D eigenvalue weighted by Gasteiger charge is 2.26. The van der Waals surface area contributed by atoms with Gasteiger partial charge in [-0.15, -0.1) is 0 Å². The molecule has 0 spiro atoms. The van der Waals surface area contributed by atoms with Gasteiger partial charge >= 0.3 is 0 Å². The third kappa shape index (κ3) is 3.12. The largest absolute Gasteiger partial charge is 0.506 e. The molecule has 1 aliphatic heterocycles. The summed E-state index contributed by atoms with van der Waals surface area (Å²) >= 11 is 5.87. The molecule has 0 unspecified atom stereocenters. The Bertz CT molecular complexity index is 389. The van der Waals surface area contributed by atoms with Crippen LogP contribution in [0.25, 0.3) is 0 Å². The Kier molecular flexibility index (Phi) is 3.92. The molecule has 1 aromatic rings. The van der Waals surface area contributed by atoms with Crippen molar-refractivity contribution in [2.45, 2.75) is 31.8 Å². The van der Waals surface area contributed by atoms with Crippen LogP contribution in [0.5, 0.6) is 5.75 Å². The molecule has 0 amide bonds. The molecule has 1 aliphatic rings. The highest BCUT2D eigenvalue weighted by atomic mass is 35.5. The van der Waals surface area contributed by atoms with Crippen molar-refractivity contribution in [3.05, 3.63) is 28.8 Å². The zero-order chi connectivity index (χ0) is 12.3. The van der Waals surface area contributed by atoms with Crippen LogP contribution in [0.4, 0.5) is 0 Å². The quantitative estimate of drug-likeness (QED) is 0.873. The molecule has 17 heavy (non-hydrogen) atoms. The number of phenolic OH excluding ortho intramolecular Hbond substituents is 1. The number of hydrogen-bond acceptors (Lipinski definition) is 3. The van der Waals surface area contributed by atoms with Crippen molar-refractivity contribution >= 4 is 11.6 Å². The molecule has 0 bridgehead atoms. The first-order valence-corrected chi connectivity index (χ1v) is 6.28. The summed E-state index contributed by atoms with van der Waals surface area (Å²) in [7, 11) is 0. The number of nitrogens with one attached hydrogen (secondary N) is 1. The van der Waals surface area contributed by atoms with Crippen molar-refractivity contribution in [3.63, 3.8) is 0 Å². The minimum Gasteiger partial charge on any atom is -0.506 e. The molecule has 1 saturated heterocycles. The first-order valence-electron chi connectivity index (χ1n) is 5.90. The van der Waals surface area contributed by atoms with Gasteiger partial charge in [0.1, 0.15) is 5.75 Å². The van der Waals surface area contributed by atoms with E-state index in [1.54, 1.807) is 6.07 Å². The second-order valence-corrected chi connectivity index (χ2v) is 5.18. The highest BCUT2D eigenvalue weighted by Crippen LogP contribution is 2.28. The molecule has 1 heterocycles. The topological polar surface area (TPSA) is 41.5 Å². The molecule has 3 nitrogen and oxygen atoms in total. The number of phenols is 1. The Hall–Kier alpha value is -0.770. The molecule has 4 heteroatoms. The summed E-state index contributed by atoms with van der Waals surface area (Å²) in [6.45, 7) is 4.41. The second kappa shape index (κ2) is 5.25. The zero-order valence-corrected chi connectivity index (χ0v) is 10.8. The van der Waals surface area contributed by atoms with Crippen molar-refractivity contribution in [2.24, 2.45) is 0 Å². The molecule has 0 aromatic heterocycles. The summed E-state index contributed by atoms with van der Waals surface area (Å²) in [5.74, 6) is 0.178. The zero-order valence-electron chi connectivity index (χ0n) is 10.0. The van der Waals surface area contributed by atoms with E-state index < -0.39 is 0 Å². The number of halogens is 1. The van der Waals surface area contributed by atoms with Crippen LogP contribution in [-0.2, 0) is 11.3 Å². The van der Waals surface area contributed by atoms with E-state index in [0.717, 1.165) is 31.6 Å². The van der Waals surface area contributed by atoms with E-state index in [4.69, 9.17) is 16.3 Å². The lowest BCUT2D eigenvalue weighted by atomic mass is 9.92. The highest BCUT2D eigenvalue weighted by molar-refractivity contribution is 6.32. The monoisotopic (exact) mass is 255 g/mol. The summed E-state index contributed by atoms with van der Waals surface area (Å²) in [6.07, 6.45) is 1.99. The Labute approximate surface area is 107 Å². The van der Waals surface area contributed by atoms with E-state index in [0.29, 0.717) is 11.6 Å². The average Bonchev–Trinajstić information content (AvgIpc) is 2.32. The van der Waals surface area contributed by atoms with Crippen LogP contribution in [0.3, 0.4) is 0 Å². The van der Waals surface area contributed by atoms with E-state index in [9.17, 15) is 5.11 Å². The predicted octanol–water partition coefficient (Wildman–Crippen LogP) is 2.70. The van der Waals surface area contributed by atoms with Crippen LogP contribution in [-0.4, -0.2) is 23.9 Å².